The van der Waals surface area contributed by atoms with E-state index in [4.69, 9.17) is 4.74 Å². The third-order valence-electron chi connectivity index (χ3n) is 7.57. The van der Waals surface area contributed by atoms with Crippen LogP contribution in [0.25, 0.3) is 11.0 Å². The number of likely N-dealkylation sites (tertiary alicyclic amines) is 1. The van der Waals surface area contributed by atoms with Crippen molar-refractivity contribution in [1.82, 2.24) is 19.0 Å². The van der Waals surface area contributed by atoms with Crippen LogP contribution in [0.15, 0.2) is 47.4 Å². The average Bonchev–Trinajstić information content (AvgIpc) is 3.36. The van der Waals surface area contributed by atoms with Gasteiger partial charge in [-0.3, -0.25) is 19.0 Å². The molecule has 1 aromatic carbocycles. The molecule has 1 atom stereocenters. The zero-order valence-corrected chi connectivity index (χ0v) is 20.8. The third kappa shape index (κ3) is 4.51. The minimum atomic E-state index is -0.107. The number of pyridine rings is 1. The maximum absolute atomic E-state index is 13.2. The number of para-hydroxylation sites is 2. The van der Waals surface area contributed by atoms with E-state index in [2.05, 4.69) is 48.9 Å². The standard InChI is InChI=1S/C27H38N4O2/c1-6-30-23-10-8-9-11-24(23)31(25(30)32)17-15-27(20-33-7-2)14-16-29(19-27)26(4,5)22-13-12-21(3)28-18-22/h8-13,18H,6-7,14-17,19-20H2,1-5H3/t27-/m1/s1. The highest BCUT2D eigenvalue weighted by molar-refractivity contribution is 5.75. The fourth-order valence-electron chi connectivity index (χ4n) is 5.28. The molecule has 3 heterocycles. The Kier molecular flexibility index (Phi) is 6.78. The maximum atomic E-state index is 13.2. The summed E-state index contributed by atoms with van der Waals surface area (Å²) in [5, 5.41) is 0. The monoisotopic (exact) mass is 450 g/mol. The van der Waals surface area contributed by atoms with E-state index in [1.807, 2.05) is 47.4 Å². The summed E-state index contributed by atoms with van der Waals surface area (Å²) in [6, 6.07) is 12.4. The summed E-state index contributed by atoms with van der Waals surface area (Å²) in [5.41, 5.74) is 4.33. The van der Waals surface area contributed by atoms with E-state index in [9.17, 15) is 4.79 Å². The van der Waals surface area contributed by atoms with Crippen molar-refractivity contribution >= 4 is 11.0 Å². The summed E-state index contributed by atoms with van der Waals surface area (Å²) in [5.74, 6) is 0. The number of hydrogen-bond acceptors (Lipinski definition) is 4. The summed E-state index contributed by atoms with van der Waals surface area (Å²) in [6.07, 6.45) is 4.00. The van der Waals surface area contributed by atoms with Crippen molar-refractivity contribution in [3.63, 3.8) is 0 Å². The van der Waals surface area contributed by atoms with Gasteiger partial charge in [-0.25, -0.2) is 4.79 Å². The quantitative estimate of drug-likeness (QED) is 0.479. The number of nitrogens with zero attached hydrogens (tertiary/aromatic N) is 4. The minimum Gasteiger partial charge on any atom is -0.381 e. The fourth-order valence-corrected chi connectivity index (χ4v) is 5.28. The lowest BCUT2D eigenvalue weighted by molar-refractivity contribution is 0.0359. The topological polar surface area (TPSA) is 52.3 Å². The molecule has 0 aliphatic carbocycles. The first-order chi connectivity index (χ1) is 15.8. The van der Waals surface area contributed by atoms with Crippen molar-refractivity contribution in [2.24, 2.45) is 5.41 Å². The van der Waals surface area contributed by atoms with Crippen LogP contribution in [0, 0.1) is 12.3 Å². The van der Waals surface area contributed by atoms with Gasteiger partial charge in [0.25, 0.3) is 0 Å². The number of benzene rings is 1. The van der Waals surface area contributed by atoms with E-state index in [0.717, 1.165) is 49.3 Å². The van der Waals surface area contributed by atoms with Gasteiger partial charge in [-0.1, -0.05) is 18.2 Å². The highest BCUT2D eigenvalue weighted by Crippen LogP contribution is 2.41. The Morgan fingerprint density at radius 2 is 1.82 bits per heavy atom. The summed E-state index contributed by atoms with van der Waals surface area (Å²) >= 11 is 0. The molecule has 0 radical (unpaired) electrons. The number of ether oxygens (including phenoxy) is 1. The predicted molar refractivity (Wildman–Crippen MR) is 134 cm³/mol. The number of hydrogen-bond donors (Lipinski definition) is 0. The summed E-state index contributed by atoms with van der Waals surface area (Å²) in [4.78, 5) is 20.3. The van der Waals surface area contributed by atoms with Crippen molar-refractivity contribution in [3.8, 4) is 0 Å². The van der Waals surface area contributed by atoms with Gasteiger partial charge in [-0.2, -0.15) is 0 Å². The lowest BCUT2D eigenvalue weighted by atomic mass is 9.84. The van der Waals surface area contributed by atoms with Crippen LogP contribution in [-0.2, 0) is 23.4 Å². The Labute approximate surface area is 197 Å². The molecule has 0 saturated carbocycles. The summed E-state index contributed by atoms with van der Waals surface area (Å²) < 4.78 is 9.84. The van der Waals surface area contributed by atoms with Gasteiger partial charge >= 0.3 is 5.69 Å². The van der Waals surface area contributed by atoms with E-state index >= 15 is 0 Å². The first-order valence-electron chi connectivity index (χ1n) is 12.3. The molecule has 1 aliphatic rings. The largest absolute Gasteiger partial charge is 0.381 e. The average molecular weight is 451 g/mol. The van der Waals surface area contributed by atoms with Crippen LogP contribution in [0.1, 0.15) is 51.8 Å². The molecule has 1 saturated heterocycles. The van der Waals surface area contributed by atoms with Crippen molar-refractivity contribution < 1.29 is 4.74 Å². The first-order valence-corrected chi connectivity index (χ1v) is 12.3. The molecule has 3 aromatic rings. The van der Waals surface area contributed by atoms with E-state index < -0.39 is 0 Å². The second-order valence-corrected chi connectivity index (χ2v) is 9.97. The number of aryl methyl sites for hydroxylation is 3. The highest BCUT2D eigenvalue weighted by atomic mass is 16.5. The molecule has 6 nitrogen and oxygen atoms in total. The zero-order valence-electron chi connectivity index (χ0n) is 20.8. The number of rotatable bonds is 9. The molecule has 6 heteroatoms. The van der Waals surface area contributed by atoms with Crippen molar-refractivity contribution in [2.75, 3.05) is 26.3 Å². The third-order valence-corrected chi connectivity index (χ3v) is 7.57. The molecule has 4 rings (SSSR count). The molecule has 1 aliphatic heterocycles. The van der Waals surface area contributed by atoms with Crippen LogP contribution in [-0.4, -0.2) is 45.3 Å². The molecular formula is C27H38N4O2. The van der Waals surface area contributed by atoms with E-state index in [1.165, 1.54) is 5.56 Å². The van der Waals surface area contributed by atoms with Crippen LogP contribution >= 0.6 is 0 Å². The molecular weight excluding hydrogens is 412 g/mol. The zero-order chi connectivity index (χ0) is 23.6. The van der Waals surface area contributed by atoms with E-state index in [-0.39, 0.29) is 16.6 Å². The highest BCUT2D eigenvalue weighted by Gasteiger charge is 2.43. The molecule has 0 spiro atoms. The van der Waals surface area contributed by atoms with Gasteiger partial charge in [0.15, 0.2) is 0 Å². The molecule has 178 valence electrons. The normalized spacial score (nSPS) is 19.5. The molecule has 1 fully saturated rings. The Morgan fingerprint density at radius 3 is 2.45 bits per heavy atom. The fraction of sp³-hybridized carbons (Fsp3) is 0.556. The van der Waals surface area contributed by atoms with Gasteiger partial charge in [0.1, 0.15) is 0 Å². The molecule has 33 heavy (non-hydrogen) atoms. The predicted octanol–water partition coefficient (Wildman–Crippen LogP) is 4.58. The van der Waals surface area contributed by atoms with Crippen LogP contribution in [0.2, 0.25) is 0 Å². The minimum absolute atomic E-state index is 0.0280. The van der Waals surface area contributed by atoms with Crippen molar-refractivity contribution in [1.29, 1.82) is 0 Å². The molecule has 0 bridgehead atoms. The smallest absolute Gasteiger partial charge is 0.329 e. The molecule has 0 unspecified atom stereocenters. The molecule has 0 N–H and O–H groups in total. The van der Waals surface area contributed by atoms with Crippen molar-refractivity contribution in [2.45, 2.75) is 66.1 Å². The Morgan fingerprint density at radius 1 is 1.09 bits per heavy atom. The van der Waals surface area contributed by atoms with Gasteiger partial charge in [-0.15, -0.1) is 0 Å². The molecule has 2 aromatic heterocycles. The number of imidazole rings is 1. The Bertz CT molecular complexity index is 1150. The second-order valence-electron chi connectivity index (χ2n) is 9.97. The van der Waals surface area contributed by atoms with Crippen LogP contribution < -0.4 is 5.69 Å². The van der Waals surface area contributed by atoms with Crippen LogP contribution in [0.5, 0.6) is 0 Å². The summed E-state index contributed by atoms with van der Waals surface area (Å²) in [6.45, 7) is 15.5. The summed E-state index contributed by atoms with van der Waals surface area (Å²) in [7, 11) is 0. The lowest BCUT2D eigenvalue weighted by Gasteiger charge is -2.38. The van der Waals surface area contributed by atoms with Gasteiger partial charge in [0.05, 0.1) is 17.6 Å². The second kappa shape index (κ2) is 9.43. The number of fused-ring (bicyclic) bond motifs is 1. The SMILES string of the molecule is CCOC[C@@]1(CCn2c(=O)n(CC)c3ccccc32)CCN(C(C)(C)c2ccc(C)nc2)C1. The van der Waals surface area contributed by atoms with Crippen molar-refractivity contribution in [3.05, 3.63) is 64.3 Å². The van der Waals surface area contributed by atoms with Gasteiger partial charge in [-0.05, 0) is 77.8 Å². The Hall–Kier alpha value is -2.44. The Balaban J connectivity index is 1.58. The van der Waals surface area contributed by atoms with Crippen LogP contribution in [0.3, 0.4) is 0 Å². The number of aromatic nitrogens is 3. The van der Waals surface area contributed by atoms with Crippen LogP contribution in [0.4, 0.5) is 0 Å². The lowest BCUT2D eigenvalue weighted by Crippen LogP contribution is -2.42. The maximum Gasteiger partial charge on any atom is 0.329 e. The first kappa shape index (κ1) is 23.7. The van der Waals surface area contributed by atoms with Gasteiger partial charge in [0, 0.05) is 49.1 Å². The van der Waals surface area contributed by atoms with E-state index in [1.54, 1.807) is 0 Å². The van der Waals surface area contributed by atoms with E-state index in [0.29, 0.717) is 19.7 Å². The van der Waals surface area contributed by atoms with Gasteiger partial charge in [0.2, 0.25) is 0 Å². The molecule has 0 amide bonds. The van der Waals surface area contributed by atoms with Gasteiger partial charge < -0.3 is 4.74 Å².